The highest BCUT2D eigenvalue weighted by atomic mass is 19.1. The first kappa shape index (κ1) is 56.6. The topological polar surface area (TPSA) is 234 Å². The van der Waals surface area contributed by atoms with E-state index in [9.17, 15) is 39.2 Å². The van der Waals surface area contributed by atoms with Crippen LogP contribution in [0.25, 0.3) is 0 Å². The van der Waals surface area contributed by atoms with Crippen LogP contribution >= 0.6 is 0 Å². The van der Waals surface area contributed by atoms with Crippen molar-refractivity contribution in [1.82, 2.24) is 19.9 Å². The maximum Gasteiger partial charge on any atom is 0.414 e. The number of cyclic esters (lactones) is 2. The molecule has 71 heavy (non-hydrogen) atoms. The van der Waals surface area contributed by atoms with E-state index in [4.69, 9.17) is 33.2 Å². The number of anilines is 1. The Bertz CT molecular complexity index is 2130. The van der Waals surface area contributed by atoms with E-state index in [1.165, 1.54) is 44.1 Å². The third-order valence-electron chi connectivity index (χ3n) is 15.8. The van der Waals surface area contributed by atoms with Crippen molar-refractivity contribution >= 4 is 23.5 Å². The van der Waals surface area contributed by atoms with Crippen LogP contribution in [-0.2, 0) is 55.7 Å². The average Bonchev–Trinajstić information content (AvgIpc) is 3.93. The van der Waals surface area contributed by atoms with Gasteiger partial charge in [0, 0.05) is 62.4 Å². The summed E-state index contributed by atoms with van der Waals surface area (Å²) in [5, 5.41) is 55.8. The molecule has 20 heteroatoms. The van der Waals surface area contributed by atoms with Gasteiger partial charge in [-0.1, -0.05) is 45.9 Å². The summed E-state index contributed by atoms with van der Waals surface area (Å²) < 4.78 is 59.5. The second kappa shape index (κ2) is 22.8. The van der Waals surface area contributed by atoms with E-state index >= 15 is 0 Å². The number of halogens is 1. The van der Waals surface area contributed by atoms with E-state index in [-0.39, 0.29) is 50.4 Å². The van der Waals surface area contributed by atoms with E-state index in [1.807, 2.05) is 27.1 Å². The van der Waals surface area contributed by atoms with Crippen molar-refractivity contribution in [2.45, 2.75) is 199 Å². The lowest BCUT2D eigenvalue weighted by Gasteiger charge is -2.49. The number of ketones is 1. The number of carbonyl (C=O) groups excluding carboxylic acids is 3. The fraction of sp³-hybridized carbons (Fsp3) is 0.784. The zero-order valence-corrected chi connectivity index (χ0v) is 43.8. The van der Waals surface area contributed by atoms with Crippen LogP contribution in [0.2, 0.25) is 0 Å². The Morgan fingerprint density at radius 3 is 2.30 bits per heavy atom. The van der Waals surface area contributed by atoms with Gasteiger partial charge in [-0.25, -0.2) is 13.9 Å². The summed E-state index contributed by atoms with van der Waals surface area (Å²) >= 11 is 0. The van der Waals surface area contributed by atoms with Crippen LogP contribution in [0, 0.1) is 35.4 Å². The van der Waals surface area contributed by atoms with Gasteiger partial charge in [0.1, 0.15) is 35.5 Å². The Morgan fingerprint density at radius 1 is 0.930 bits per heavy atom. The van der Waals surface area contributed by atoms with Gasteiger partial charge in [-0.3, -0.25) is 14.5 Å². The molecule has 0 unspecified atom stereocenters. The Labute approximate surface area is 417 Å². The summed E-state index contributed by atoms with van der Waals surface area (Å²) in [6.07, 6.45) is -6.95. The van der Waals surface area contributed by atoms with Crippen LogP contribution in [0.3, 0.4) is 0 Å². The standard InChI is InChI=1S/C51H80FN5O14/c1-14-39-51(11,64)43(59)30(5)41(58)27(2)22-49(9,63)45(31(6)42(32(7)46(61)69-39)70-40-23-50(10,65-13)44(60)33(8)67-40)71-47-29(4)38(20-28(3)66-47)55(12)19-18-35-24-56(54-53-35)25-37-26-57(48(62)68-37)36-17-15-16-34(52)21-36/h15-17,21,24,27-33,37-40,42-45,47,59-60,63-64H,14,18-20,22-23,25-26H2,1-13H3/t27-,28-,29-,30+,31+,32-,33+,37+,38+,39-,40+,42+,43-,44+,45-,47+,49-,50-,51-/m1/s1. The Kier molecular flexibility index (Phi) is 18.2. The molecular formula is C51H80FN5O14. The first-order chi connectivity index (χ1) is 33.2. The number of nitrogens with zero attached hydrogens (tertiary/aromatic N) is 5. The van der Waals surface area contributed by atoms with Crippen LogP contribution in [0.15, 0.2) is 30.5 Å². The van der Waals surface area contributed by atoms with Gasteiger partial charge < -0.3 is 58.5 Å². The Hall–Kier alpha value is -3.70. The zero-order chi connectivity index (χ0) is 52.5. The van der Waals surface area contributed by atoms with E-state index < -0.39 is 119 Å². The highest BCUT2D eigenvalue weighted by molar-refractivity contribution is 5.89. The molecule has 5 heterocycles. The molecule has 1 amide bonds. The smallest absolute Gasteiger partial charge is 0.414 e. The number of aliphatic hydroxyl groups is 4. The average molecular weight is 1010 g/mol. The normalized spacial score (nSPS) is 41.2. The minimum atomic E-state index is -2.02. The molecule has 6 rings (SSSR count). The van der Waals surface area contributed by atoms with Crippen molar-refractivity contribution in [2.75, 3.05) is 32.1 Å². The summed E-state index contributed by atoms with van der Waals surface area (Å²) in [4.78, 5) is 44.8. The second-order valence-electron chi connectivity index (χ2n) is 21.6. The van der Waals surface area contributed by atoms with Crippen molar-refractivity contribution in [3.8, 4) is 0 Å². The number of benzene rings is 1. The summed E-state index contributed by atoms with van der Waals surface area (Å²) in [6.45, 7) is 19.7. The number of esters is 1. The van der Waals surface area contributed by atoms with Crippen LogP contribution in [-0.4, -0.2) is 170 Å². The number of likely N-dealkylation sites (N-methyl/N-ethyl adjacent to an activating group) is 1. The van der Waals surface area contributed by atoms with Gasteiger partial charge in [-0.05, 0) is 86.1 Å². The highest BCUT2D eigenvalue weighted by Gasteiger charge is 2.53. The molecule has 4 N–H and O–H groups in total. The monoisotopic (exact) mass is 1010 g/mol. The first-order valence-electron chi connectivity index (χ1n) is 25.3. The molecule has 19 nitrogen and oxygen atoms in total. The number of carbonyl (C=O) groups is 3. The van der Waals surface area contributed by atoms with Crippen LogP contribution in [0.5, 0.6) is 0 Å². The molecule has 0 spiro atoms. The Morgan fingerprint density at radius 2 is 1.63 bits per heavy atom. The predicted molar refractivity (Wildman–Crippen MR) is 256 cm³/mol. The third-order valence-corrected chi connectivity index (χ3v) is 15.8. The SMILES string of the molecule is CC[C@H]1OC(=O)[C@H](C)[C@@H](O[C@H]2C[C@@](C)(OC)[C@@H](O)[C@H](C)O2)[C@H](C)[C@@H](O[C@@H]2O[C@H](C)C[C@H](N(C)CCc3cn(C[C@H]4CN(c5cccc(F)c5)C(=O)O4)nn3)[C@H]2C)[C@](C)(O)C[C@@H](C)C(=O)[C@H](C)[C@@H](O)[C@]1(C)O. The fourth-order valence-electron chi connectivity index (χ4n) is 11.3. The third kappa shape index (κ3) is 12.6. The number of hydrogen-bond donors (Lipinski definition) is 4. The molecule has 2 aromatic rings. The minimum Gasteiger partial charge on any atom is -0.459 e. The van der Waals surface area contributed by atoms with Crippen molar-refractivity contribution < 1.29 is 72.4 Å². The number of aliphatic hydroxyl groups excluding tert-OH is 2. The number of hydrogen-bond acceptors (Lipinski definition) is 17. The number of Topliss-reactive ketones (excluding diaryl/α,β-unsaturated/α-hetero) is 1. The van der Waals surface area contributed by atoms with E-state index in [2.05, 4.69) is 15.2 Å². The van der Waals surface area contributed by atoms with Gasteiger partial charge in [-0.2, -0.15) is 0 Å². The predicted octanol–water partition coefficient (Wildman–Crippen LogP) is 4.43. The molecule has 1 aromatic heterocycles. The van der Waals surface area contributed by atoms with E-state index in [0.29, 0.717) is 25.1 Å². The van der Waals surface area contributed by atoms with Crippen LogP contribution < -0.4 is 4.90 Å². The summed E-state index contributed by atoms with van der Waals surface area (Å²) in [5.41, 5.74) is -3.74. The van der Waals surface area contributed by atoms with Crippen molar-refractivity contribution in [3.63, 3.8) is 0 Å². The minimum absolute atomic E-state index is 0.0814. The van der Waals surface area contributed by atoms with E-state index in [0.717, 1.165) is 5.69 Å². The number of rotatable bonds is 13. The van der Waals surface area contributed by atoms with Gasteiger partial charge >= 0.3 is 12.1 Å². The van der Waals surface area contributed by atoms with Gasteiger partial charge in [0.2, 0.25) is 0 Å². The van der Waals surface area contributed by atoms with E-state index in [1.54, 1.807) is 59.2 Å². The van der Waals surface area contributed by atoms with Gasteiger partial charge in [0.05, 0.1) is 72.1 Å². The molecule has 400 valence electrons. The number of aromatic nitrogens is 3. The largest absolute Gasteiger partial charge is 0.459 e. The molecule has 0 bridgehead atoms. The first-order valence-corrected chi connectivity index (χ1v) is 25.3. The molecule has 0 radical (unpaired) electrons. The number of ether oxygens (including phenoxy) is 7. The lowest BCUT2D eigenvalue weighted by atomic mass is 9.74. The molecule has 0 saturated carbocycles. The Balaban J connectivity index is 1.23. The lowest BCUT2D eigenvalue weighted by Crippen LogP contribution is -2.60. The maximum absolute atomic E-state index is 14.4. The zero-order valence-electron chi connectivity index (χ0n) is 43.8. The number of methoxy groups -OCH3 is 1. The van der Waals surface area contributed by atoms with Crippen molar-refractivity contribution in [2.24, 2.45) is 29.6 Å². The van der Waals surface area contributed by atoms with Gasteiger partial charge in [0.25, 0.3) is 0 Å². The van der Waals surface area contributed by atoms with Crippen LogP contribution in [0.4, 0.5) is 14.9 Å². The van der Waals surface area contributed by atoms with Gasteiger partial charge in [-0.15, -0.1) is 5.10 Å². The fourth-order valence-corrected chi connectivity index (χ4v) is 11.3. The second-order valence-corrected chi connectivity index (χ2v) is 21.6. The summed E-state index contributed by atoms with van der Waals surface area (Å²) in [6, 6.07) is 5.70. The molecule has 1 aromatic carbocycles. The molecule has 4 fully saturated rings. The highest BCUT2D eigenvalue weighted by Crippen LogP contribution is 2.42. The molecule has 4 aliphatic heterocycles. The van der Waals surface area contributed by atoms with Crippen LogP contribution in [0.1, 0.15) is 108 Å². The lowest BCUT2D eigenvalue weighted by molar-refractivity contribution is -0.313. The molecule has 0 aliphatic carbocycles. The number of amides is 1. The molecule has 4 saturated heterocycles. The quantitative estimate of drug-likeness (QED) is 0.203. The summed E-state index contributed by atoms with van der Waals surface area (Å²) in [5.74, 6) is -5.72. The molecule has 19 atom stereocenters. The van der Waals surface area contributed by atoms with Crippen molar-refractivity contribution in [3.05, 3.63) is 42.0 Å². The van der Waals surface area contributed by atoms with Gasteiger partial charge in [0.15, 0.2) is 12.6 Å². The molecular weight excluding hydrogens is 926 g/mol. The maximum atomic E-state index is 14.4. The van der Waals surface area contributed by atoms with Crippen molar-refractivity contribution in [1.29, 1.82) is 0 Å². The summed E-state index contributed by atoms with van der Waals surface area (Å²) in [7, 11) is 3.50. The molecule has 4 aliphatic rings.